The second-order valence-corrected chi connectivity index (χ2v) is 6.55. The molecule has 0 aromatic heterocycles. The first-order valence-corrected chi connectivity index (χ1v) is 7.45. The third kappa shape index (κ3) is 3.23. The second-order valence-electron chi connectivity index (χ2n) is 6.55. The van der Waals surface area contributed by atoms with Crippen LogP contribution in [-0.2, 0) is 4.74 Å². The number of rotatable bonds is 4. The Morgan fingerprint density at radius 2 is 1.88 bits per heavy atom. The number of hydrogen-bond donors (Lipinski definition) is 0. The summed E-state index contributed by atoms with van der Waals surface area (Å²) in [6.45, 7) is 11.8. The molecule has 0 aromatic carbocycles. The molecule has 2 rings (SSSR count). The van der Waals surface area contributed by atoms with E-state index in [-0.39, 0.29) is 0 Å². The van der Waals surface area contributed by atoms with E-state index in [2.05, 4.69) is 25.7 Å². The Balaban J connectivity index is 1.90. The molecule has 0 saturated carbocycles. The van der Waals surface area contributed by atoms with E-state index in [9.17, 15) is 0 Å². The number of hydrogen-bond acceptors (Lipinski definition) is 2. The van der Waals surface area contributed by atoms with E-state index < -0.39 is 0 Å². The van der Waals surface area contributed by atoms with E-state index in [1.54, 1.807) is 0 Å². The van der Waals surface area contributed by atoms with Crippen LogP contribution in [-0.4, -0.2) is 37.2 Å². The second kappa shape index (κ2) is 5.71. The zero-order valence-corrected chi connectivity index (χ0v) is 11.9. The van der Waals surface area contributed by atoms with Gasteiger partial charge in [0.05, 0.1) is 0 Å². The Labute approximate surface area is 107 Å². The first-order valence-electron chi connectivity index (χ1n) is 7.45. The fraction of sp³-hybridized carbons (Fsp3) is 1.00. The molecule has 0 N–H and O–H groups in total. The molecular weight excluding hydrogens is 210 g/mol. The van der Waals surface area contributed by atoms with Gasteiger partial charge in [-0.3, -0.25) is 4.90 Å². The van der Waals surface area contributed by atoms with Gasteiger partial charge in [-0.25, -0.2) is 0 Å². The molecule has 17 heavy (non-hydrogen) atoms. The molecule has 100 valence electrons. The summed E-state index contributed by atoms with van der Waals surface area (Å²) < 4.78 is 5.46. The fourth-order valence-corrected chi connectivity index (χ4v) is 3.43. The Morgan fingerprint density at radius 1 is 1.18 bits per heavy atom. The van der Waals surface area contributed by atoms with Crippen molar-refractivity contribution in [1.82, 2.24) is 4.90 Å². The van der Waals surface area contributed by atoms with Gasteiger partial charge in [0.15, 0.2) is 0 Å². The Morgan fingerprint density at radius 3 is 2.53 bits per heavy atom. The summed E-state index contributed by atoms with van der Waals surface area (Å²) >= 11 is 0. The predicted molar refractivity (Wildman–Crippen MR) is 72.2 cm³/mol. The monoisotopic (exact) mass is 239 g/mol. The number of likely N-dealkylation sites (tertiary alicyclic amines) is 1. The highest BCUT2D eigenvalue weighted by molar-refractivity contribution is 4.90. The summed E-state index contributed by atoms with van der Waals surface area (Å²) in [7, 11) is 0. The van der Waals surface area contributed by atoms with Gasteiger partial charge in [-0.1, -0.05) is 20.8 Å². The quantitative estimate of drug-likeness (QED) is 0.746. The zero-order valence-electron chi connectivity index (χ0n) is 11.9. The highest BCUT2D eigenvalue weighted by Crippen LogP contribution is 2.36. The lowest BCUT2D eigenvalue weighted by Crippen LogP contribution is -2.43. The van der Waals surface area contributed by atoms with Crippen molar-refractivity contribution in [1.29, 1.82) is 0 Å². The smallest absolute Gasteiger partial charge is 0.0469 e. The maximum absolute atomic E-state index is 5.46. The van der Waals surface area contributed by atoms with Gasteiger partial charge < -0.3 is 4.74 Å². The third-order valence-corrected chi connectivity index (χ3v) is 5.01. The van der Waals surface area contributed by atoms with Crippen LogP contribution in [0, 0.1) is 11.3 Å². The molecule has 2 nitrogen and oxygen atoms in total. The molecule has 0 radical (unpaired) electrons. The maximum Gasteiger partial charge on any atom is 0.0469 e. The summed E-state index contributed by atoms with van der Waals surface area (Å²) in [5.41, 5.74) is 0.488. The molecule has 0 bridgehead atoms. The molecule has 0 aliphatic carbocycles. The van der Waals surface area contributed by atoms with Gasteiger partial charge in [0.1, 0.15) is 0 Å². The van der Waals surface area contributed by atoms with Crippen LogP contribution < -0.4 is 0 Å². The minimum Gasteiger partial charge on any atom is -0.381 e. The van der Waals surface area contributed by atoms with Gasteiger partial charge in [0.2, 0.25) is 0 Å². The van der Waals surface area contributed by atoms with Gasteiger partial charge in [-0.15, -0.1) is 0 Å². The van der Waals surface area contributed by atoms with Crippen molar-refractivity contribution in [2.45, 2.75) is 58.9 Å². The largest absolute Gasteiger partial charge is 0.381 e. The van der Waals surface area contributed by atoms with Crippen LogP contribution in [0.25, 0.3) is 0 Å². The number of nitrogens with zero attached hydrogens (tertiary/aromatic N) is 1. The predicted octanol–water partition coefficient (Wildman–Crippen LogP) is 3.31. The van der Waals surface area contributed by atoms with E-state index in [0.717, 1.165) is 25.2 Å². The zero-order chi connectivity index (χ0) is 12.3. The third-order valence-electron chi connectivity index (χ3n) is 5.01. The van der Waals surface area contributed by atoms with Crippen molar-refractivity contribution >= 4 is 0 Å². The summed E-state index contributed by atoms with van der Waals surface area (Å²) in [5.74, 6) is 0.886. The van der Waals surface area contributed by atoms with Crippen LogP contribution in [0.2, 0.25) is 0 Å². The molecule has 2 heteroatoms. The van der Waals surface area contributed by atoms with Gasteiger partial charge in [0, 0.05) is 25.8 Å². The average Bonchev–Trinajstić information content (AvgIpc) is 2.79. The van der Waals surface area contributed by atoms with Crippen LogP contribution in [0.4, 0.5) is 0 Å². The Kier molecular flexibility index (Phi) is 4.48. The van der Waals surface area contributed by atoms with Crippen LogP contribution in [0.15, 0.2) is 0 Å². The minimum atomic E-state index is 0.488. The highest BCUT2D eigenvalue weighted by Gasteiger charge is 2.36. The Hall–Kier alpha value is -0.0800. The van der Waals surface area contributed by atoms with Crippen molar-refractivity contribution < 1.29 is 4.74 Å². The maximum atomic E-state index is 5.46. The summed E-state index contributed by atoms with van der Waals surface area (Å²) in [4.78, 5) is 2.78. The molecule has 2 heterocycles. The van der Waals surface area contributed by atoms with Crippen LogP contribution in [0.3, 0.4) is 0 Å². The summed E-state index contributed by atoms with van der Waals surface area (Å²) in [5, 5.41) is 0. The van der Waals surface area contributed by atoms with Crippen molar-refractivity contribution in [3.63, 3.8) is 0 Å². The lowest BCUT2D eigenvalue weighted by atomic mass is 9.80. The van der Waals surface area contributed by atoms with E-state index in [1.165, 1.54) is 45.2 Å². The molecule has 2 saturated heterocycles. The van der Waals surface area contributed by atoms with E-state index >= 15 is 0 Å². The van der Waals surface area contributed by atoms with Gasteiger partial charge in [-0.2, -0.15) is 0 Å². The van der Waals surface area contributed by atoms with Crippen molar-refractivity contribution in [3.05, 3.63) is 0 Å². The molecule has 0 amide bonds. The minimum absolute atomic E-state index is 0.488. The lowest BCUT2D eigenvalue weighted by Gasteiger charge is -2.39. The topological polar surface area (TPSA) is 12.5 Å². The lowest BCUT2D eigenvalue weighted by molar-refractivity contribution is 0.0378. The molecule has 0 spiro atoms. The van der Waals surface area contributed by atoms with E-state index in [0.29, 0.717) is 5.41 Å². The molecule has 1 unspecified atom stereocenters. The SMILES string of the molecule is CCC(C)(C)C1CCCN1CC1CCOCC1. The van der Waals surface area contributed by atoms with Crippen LogP contribution >= 0.6 is 0 Å². The first kappa shape index (κ1) is 13.4. The fourth-order valence-electron chi connectivity index (χ4n) is 3.43. The summed E-state index contributed by atoms with van der Waals surface area (Å²) in [6, 6.07) is 0.815. The van der Waals surface area contributed by atoms with Gasteiger partial charge in [-0.05, 0) is 50.0 Å². The van der Waals surface area contributed by atoms with Crippen molar-refractivity contribution in [3.8, 4) is 0 Å². The summed E-state index contributed by atoms with van der Waals surface area (Å²) in [6.07, 6.45) is 6.65. The van der Waals surface area contributed by atoms with E-state index in [1.807, 2.05) is 0 Å². The van der Waals surface area contributed by atoms with Gasteiger partial charge in [0.25, 0.3) is 0 Å². The average molecular weight is 239 g/mol. The molecule has 1 atom stereocenters. The molecular formula is C15H29NO. The van der Waals surface area contributed by atoms with Crippen molar-refractivity contribution in [2.24, 2.45) is 11.3 Å². The van der Waals surface area contributed by atoms with E-state index in [4.69, 9.17) is 4.74 Å². The van der Waals surface area contributed by atoms with Crippen molar-refractivity contribution in [2.75, 3.05) is 26.3 Å². The number of ether oxygens (including phenoxy) is 1. The standard InChI is InChI=1S/C15H29NO/c1-4-15(2,3)14-6-5-9-16(14)12-13-7-10-17-11-8-13/h13-14H,4-12H2,1-3H3. The molecule has 2 aliphatic rings. The van der Waals surface area contributed by atoms with Crippen LogP contribution in [0.5, 0.6) is 0 Å². The van der Waals surface area contributed by atoms with Crippen LogP contribution in [0.1, 0.15) is 52.9 Å². The molecule has 2 fully saturated rings. The highest BCUT2D eigenvalue weighted by atomic mass is 16.5. The Bertz CT molecular complexity index is 233. The first-order chi connectivity index (χ1) is 8.13. The van der Waals surface area contributed by atoms with Gasteiger partial charge >= 0.3 is 0 Å². The normalized spacial score (nSPS) is 28.8. The molecule has 0 aromatic rings. The molecule has 2 aliphatic heterocycles.